The second-order valence-electron chi connectivity index (χ2n) is 3.31. The number of nitrogens with zero attached hydrogens (tertiary/aromatic N) is 1. The van der Waals surface area contributed by atoms with Gasteiger partial charge in [-0.15, -0.1) is 11.3 Å². The summed E-state index contributed by atoms with van der Waals surface area (Å²) in [5.41, 5.74) is 0.297. The Bertz CT molecular complexity index is 461. The van der Waals surface area contributed by atoms with Crippen molar-refractivity contribution < 1.29 is 18.3 Å². The van der Waals surface area contributed by atoms with Crippen molar-refractivity contribution in [2.24, 2.45) is 0 Å². The third kappa shape index (κ3) is 3.00. The van der Waals surface area contributed by atoms with Crippen LogP contribution in [0, 0.1) is 0 Å². The average molecular weight is 249 g/mol. The monoisotopic (exact) mass is 249 g/mol. The molecule has 84 valence electrons. The first kappa shape index (κ1) is 12.1. The Labute approximate surface area is 91.7 Å². The van der Waals surface area contributed by atoms with Crippen LogP contribution in [0.5, 0.6) is 0 Å². The summed E-state index contributed by atoms with van der Waals surface area (Å²) >= 11 is 0.935. The average Bonchev–Trinajstić information content (AvgIpc) is 2.51. The summed E-state index contributed by atoms with van der Waals surface area (Å²) in [4.78, 5) is 14.2. The molecule has 0 aliphatic rings. The van der Waals surface area contributed by atoms with E-state index in [2.05, 4.69) is 4.98 Å². The van der Waals surface area contributed by atoms with E-state index in [0.717, 1.165) is 11.3 Å². The van der Waals surface area contributed by atoms with Gasteiger partial charge in [0, 0.05) is 5.38 Å². The first-order valence-corrected chi connectivity index (χ1v) is 6.81. The molecule has 1 rings (SSSR count). The minimum Gasteiger partial charge on any atom is -0.476 e. The van der Waals surface area contributed by atoms with Crippen LogP contribution >= 0.6 is 11.3 Å². The van der Waals surface area contributed by atoms with Gasteiger partial charge in [0.2, 0.25) is 5.01 Å². The van der Waals surface area contributed by atoms with Crippen LogP contribution in [-0.2, 0) is 15.6 Å². The van der Waals surface area contributed by atoms with Gasteiger partial charge < -0.3 is 5.11 Å². The summed E-state index contributed by atoms with van der Waals surface area (Å²) in [5.74, 6) is -1.33. The lowest BCUT2D eigenvalue weighted by Crippen LogP contribution is -2.16. The summed E-state index contributed by atoms with van der Waals surface area (Å²) in [6.07, 6.45) is 0. The Hall–Kier alpha value is -0.950. The zero-order valence-corrected chi connectivity index (χ0v) is 9.93. The van der Waals surface area contributed by atoms with Crippen LogP contribution in [0.3, 0.4) is 0 Å². The van der Waals surface area contributed by atoms with Crippen molar-refractivity contribution >= 4 is 27.1 Å². The van der Waals surface area contributed by atoms with E-state index in [-0.39, 0.29) is 10.8 Å². The van der Waals surface area contributed by atoms with Gasteiger partial charge >= 0.3 is 5.97 Å². The molecule has 1 aromatic heterocycles. The molecule has 0 bridgehead atoms. The van der Waals surface area contributed by atoms with E-state index in [4.69, 9.17) is 5.11 Å². The first-order chi connectivity index (χ1) is 6.83. The molecule has 0 fully saturated rings. The van der Waals surface area contributed by atoms with E-state index in [1.807, 2.05) is 0 Å². The summed E-state index contributed by atoms with van der Waals surface area (Å²) in [7, 11) is -3.21. The lowest BCUT2D eigenvalue weighted by molar-refractivity contribution is 0.0696. The van der Waals surface area contributed by atoms with Crippen LogP contribution in [-0.4, -0.2) is 29.7 Å². The van der Waals surface area contributed by atoms with Crippen molar-refractivity contribution in [1.29, 1.82) is 0 Å². The predicted octanol–water partition coefficient (Wildman–Crippen LogP) is 1.16. The second kappa shape index (κ2) is 4.28. The number of carboxylic acids is 1. The van der Waals surface area contributed by atoms with Crippen LogP contribution in [0.1, 0.15) is 29.3 Å². The maximum absolute atomic E-state index is 11.5. The first-order valence-electron chi connectivity index (χ1n) is 4.22. The smallest absolute Gasteiger partial charge is 0.365 e. The number of thiazole rings is 1. The molecule has 0 atom stereocenters. The minimum absolute atomic E-state index is 0.0797. The van der Waals surface area contributed by atoms with Crippen molar-refractivity contribution in [2.45, 2.75) is 24.9 Å². The molecule has 0 aliphatic heterocycles. The number of aromatic carboxylic acids is 1. The van der Waals surface area contributed by atoms with Gasteiger partial charge in [-0.25, -0.2) is 18.2 Å². The predicted molar refractivity (Wildman–Crippen MR) is 56.8 cm³/mol. The zero-order valence-electron chi connectivity index (χ0n) is 8.30. The van der Waals surface area contributed by atoms with Crippen LogP contribution in [0.2, 0.25) is 0 Å². The van der Waals surface area contributed by atoms with Gasteiger partial charge in [0.15, 0.2) is 9.84 Å². The Kier molecular flexibility index (Phi) is 3.46. The third-order valence-electron chi connectivity index (χ3n) is 1.80. The van der Waals surface area contributed by atoms with E-state index in [1.54, 1.807) is 13.8 Å². The van der Waals surface area contributed by atoms with Crippen molar-refractivity contribution in [3.8, 4) is 0 Å². The summed E-state index contributed by atoms with van der Waals surface area (Å²) in [6, 6.07) is 0. The molecule has 15 heavy (non-hydrogen) atoms. The number of carboxylic acid groups (broad SMARTS) is 1. The maximum atomic E-state index is 11.5. The minimum atomic E-state index is -3.21. The van der Waals surface area contributed by atoms with Gasteiger partial charge in [0.1, 0.15) is 0 Å². The number of sulfone groups is 1. The van der Waals surface area contributed by atoms with Gasteiger partial charge in [-0.1, -0.05) is 0 Å². The molecule has 0 spiro atoms. The molecule has 1 heterocycles. The Balaban J connectivity index is 2.87. The summed E-state index contributed by atoms with van der Waals surface area (Å²) in [6.45, 7) is 3.17. The summed E-state index contributed by atoms with van der Waals surface area (Å²) < 4.78 is 23.0. The molecule has 7 heteroatoms. The molecular formula is C8H11NO4S2. The van der Waals surface area contributed by atoms with E-state index in [0.29, 0.717) is 5.69 Å². The van der Waals surface area contributed by atoms with Gasteiger partial charge in [-0.3, -0.25) is 0 Å². The number of rotatable bonds is 4. The van der Waals surface area contributed by atoms with E-state index < -0.39 is 21.1 Å². The molecular weight excluding hydrogens is 238 g/mol. The zero-order chi connectivity index (χ0) is 11.6. The Morgan fingerprint density at radius 2 is 2.20 bits per heavy atom. The third-order valence-corrected chi connectivity index (χ3v) is 4.82. The largest absolute Gasteiger partial charge is 0.476 e. The van der Waals surface area contributed by atoms with Gasteiger partial charge in [-0.2, -0.15) is 0 Å². The SMILES string of the molecule is CC(C)S(=O)(=O)Cc1csc(C(=O)O)n1. The molecule has 0 aliphatic carbocycles. The van der Waals surface area contributed by atoms with Gasteiger partial charge in [0.05, 0.1) is 16.7 Å². The summed E-state index contributed by atoms with van der Waals surface area (Å²) in [5, 5.41) is 9.51. The van der Waals surface area contributed by atoms with Crippen LogP contribution < -0.4 is 0 Å². The van der Waals surface area contributed by atoms with Crippen molar-refractivity contribution in [3.05, 3.63) is 16.1 Å². The lowest BCUT2D eigenvalue weighted by Gasteiger charge is -2.04. The quantitative estimate of drug-likeness (QED) is 0.865. The van der Waals surface area contributed by atoms with Crippen molar-refractivity contribution in [1.82, 2.24) is 4.98 Å². The lowest BCUT2D eigenvalue weighted by atomic mass is 10.5. The fraction of sp³-hybridized carbons (Fsp3) is 0.500. The van der Waals surface area contributed by atoms with E-state index in [1.165, 1.54) is 5.38 Å². The highest BCUT2D eigenvalue weighted by Crippen LogP contribution is 2.14. The molecule has 0 saturated heterocycles. The number of hydrogen-bond acceptors (Lipinski definition) is 5. The second-order valence-corrected chi connectivity index (χ2v) is 6.72. The van der Waals surface area contributed by atoms with Crippen molar-refractivity contribution in [2.75, 3.05) is 0 Å². The van der Waals surface area contributed by atoms with E-state index >= 15 is 0 Å². The molecule has 0 amide bonds. The molecule has 5 nitrogen and oxygen atoms in total. The number of aromatic nitrogens is 1. The fourth-order valence-electron chi connectivity index (χ4n) is 0.844. The fourth-order valence-corrected chi connectivity index (χ4v) is 2.50. The van der Waals surface area contributed by atoms with Crippen LogP contribution in [0.4, 0.5) is 0 Å². The maximum Gasteiger partial charge on any atom is 0.365 e. The molecule has 1 aromatic rings. The van der Waals surface area contributed by atoms with Gasteiger partial charge in [0.25, 0.3) is 0 Å². The molecule has 0 radical (unpaired) electrons. The Morgan fingerprint density at radius 1 is 1.60 bits per heavy atom. The standard InChI is InChI=1S/C8H11NO4S2/c1-5(2)15(12,13)4-6-3-14-7(9-6)8(10)11/h3,5H,4H2,1-2H3,(H,10,11). The van der Waals surface area contributed by atoms with E-state index in [9.17, 15) is 13.2 Å². The van der Waals surface area contributed by atoms with Crippen molar-refractivity contribution in [3.63, 3.8) is 0 Å². The Morgan fingerprint density at radius 3 is 2.60 bits per heavy atom. The molecule has 0 aromatic carbocycles. The molecule has 1 N–H and O–H groups in total. The highest BCUT2D eigenvalue weighted by molar-refractivity contribution is 7.91. The molecule has 0 saturated carbocycles. The number of hydrogen-bond donors (Lipinski definition) is 1. The van der Waals surface area contributed by atoms with Crippen LogP contribution in [0.15, 0.2) is 5.38 Å². The van der Waals surface area contributed by atoms with Gasteiger partial charge in [-0.05, 0) is 13.8 Å². The van der Waals surface area contributed by atoms with Crippen LogP contribution in [0.25, 0.3) is 0 Å². The normalized spacial score (nSPS) is 11.9. The topological polar surface area (TPSA) is 84.3 Å². The highest BCUT2D eigenvalue weighted by atomic mass is 32.2. The highest BCUT2D eigenvalue weighted by Gasteiger charge is 2.19. The number of carbonyl (C=O) groups is 1. The molecule has 0 unspecified atom stereocenters.